The molecule has 0 unspecified atom stereocenters. The van der Waals surface area contributed by atoms with E-state index in [1.54, 1.807) is 6.07 Å². The standard InChI is InChI=1S/C15H13ClN2O6/c1-22-11-5-4-9(16)7-10(11)14(20)18-17-13(19)8-24-15(21)12-3-2-6-23-12/h2-7H,8H2,1H3,(H,17,19)(H,18,20). The number of amides is 2. The number of esters is 1. The molecule has 0 aliphatic carbocycles. The van der Waals surface area contributed by atoms with E-state index in [4.69, 9.17) is 25.5 Å². The number of hydrogen-bond donors (Lipinski definition) is 2. The summed E-state index contributed by atoms with van der Waals surface area (Å²) in [6.45, 7) is -0.591. The van der Waals surface area contributed by atoms with Crippen LogP contribution < -0.4 is 15.6 Å². The Hall–Kier alpha value is -3.00. The van der Waals surface area contributed by atoms with Crippen LogP contribution in [0.1, 0.15) is 20.9 Å². The first-order chi connectivity index (χ1) is 11.5. The number of halogens is 1. The Kier molecular flexibility index (Phi) is 5.80. The number of furan rings is 1. The minimum atomic E-state index is -0.794. The van der Waals surface area contributed by atoms with Crippen LogP contribution in [0.15, 0.2) is 41.0 Å². The summed E-state index contributed by atoms with van der Waals surface area (Å²) >= 11 is 5.82. The largest absolute Gasteiger partial charge is 0.496 e. The van der Waals surface area contributed by atoms with Gasteiger partial charge in [0.25, 0.3) is 11.8 Å². The van der Waals surface area contributed by atoms with Crippen molar-refractivity contribution >= 4 is 29.4 Å². The molecule has 2 N–H and O–H groups in total. The van der Waals surface area contributed by atoms with Crippen molar-refractivity contribution < 1.29 is 28.3 Å². The summed E-state index contributed by atoms with van der Waals surface area (Å²) in [5, 5.41) is 0.333. The monoisotopic (exact) mass is 352 g/mol. The fourth-order valence-electron chi connectivity index (χ4n) is 1.68. The molecule has 0 aliphatic heterocycles. The molecule has 0 fully saturated rings. The molecule has 24 heavy (non-hydrogen) atoms. The van der Waals surface area contributed by atoms with Crippen molar-refractivity contribution in [2.45, 2.75) is 0 Å². The molecule has 0 bridgehead atoms. The molecule has 0 atom stereocenters. The van der Waals surface area contributed by atoms with Crippen LogP contribution in [0.5, 0.6) is 5.75 Å². The summed E-state index contributed by atoms with van der Waals surface area (Å²) < 4.78 is 14.6. The van der Waals surface area contributed by atoms with Gasteiger partial charge in [-0.05, 0) is 30.3 Å². The summed E-state index contributed by atoms with van der Waals surface area (Å²) in [6.07, 6.45) is 1.30. The molecule has 1 aromatic heterocycles. The number of hydrazine groups is 1. The van der Waals surface area contributed by atoms with Gasteiger partial charge >= 0.3 is 5.97 Å². The first kappa shape index (κ1) is 17.4. The fraction of sp³-hybridized carbons (Fsp3) is 0.133. The summed E-state index contributed by atoms with van der Waals surface area (Å²) in [7, 11) is 1.40. The van der Waals surface area contributed by atoms with E-state index in [0.717, 1.165) is 0 Å². The molecule has 1 heterocycles. The first-order valence-corrected chi connectivity index (χ1v) is 7.02. The van der Waals surface area contributed by atoms with Crippen LogP contribution in [-0.2, 0) is 9.53 Å². The normalized spacial score (nSPS) is 9.92. The highest BCUT2D eigenvalue weighted by Crippen LogP contribution is 2.22. The average molecular weight is 353 g/mol. The highest BCUT2D eigenvalue weighted by molar-refractivity contribution is 6.31. The van der Waals surface area contributed by atoms with Gasteiger partial charge in [0.15, 0.2) is 6.61 Å². The van der Waals surface area contributed by atoms with E-state index in [0.29, 0.717) is 5.02 Å². The van der Waals surface area contributed by atoms with Crippen LogP contribution in [0.3, 0.4) is 0 Å². The van der Waals surface area contributed by atoms with Crippen molar-refractivity contribution in [3.63, 3.8) is 0 Å². The molecule has 2 aromatic rings. The number of nitrogens with one attached hydrogen (secondary N) is 2. The molecule has 0 saturated heterocycles. The molecule has 0 spiro atoms. The van der Waals surface area contributed by atoms with Crippen LogP contribution in [0.25, 0.3) is 0 Å². The average Bonchev–Trinajstić information content (AvgIpc) is 3.12. The molecule has 8 nitrogen and oxygen atoms in total. The van der Waals surface area contributed by atoms with Crippen molar-refractivity contribution in [3.05, 3.63) is 52.9 Å². The Morgan fingerprint density at radius 3 is 2.67 bits per heavy atom. The maximum atomic E-state index is 12.0. The minimum absolute atomic E-state index is 0.0319. The van der Waals surface area contributed by atoms with E-state index in [1.165, 1.54) is 37.6 Å². The van der Waals surface area contributed by atoms with Crippen LogP contribution in [0.2, 0.25) is 5.02 Å². The highest BCUT2D eigenvalue weighted by Gasteiger charge is 2.15. The van der Waals surface area contributed by atoms with E-state index in [9.17, 15) is 14.4 Å². The second-order valence-electron chi connectivity index (χ2n) is 4.40. The molecule has 0 saturated carbocycles. The second-order valence-corrected chi connectivity index (χ2v) is 4.84. The predicted octanol–water partition coefficient (Wildman–Crippen LogP) is 1.56. The third kappa shape index (κ3) is 4.50. The molecule has 0 radical (unpaired) electrons. The van der Waals surface area contributed by atoms with Gasteiger partial charge in [-0.15, -0.1) is 0 Å². The van der Waals surface area contributed by atoms with Gasteiger partial charge in [0.2, 0.25) is 5.76 Å². The van der Waals surface area contributed by atoms with E-state index in [1.807, 2.05) is 0 Å². The lowest BCUT2D eigenvalue weighted by Gasteiger charge is -2.10. The van der Waals surface area contributed by atoms with Crippen molar-refractivity contribution in [1.29, 1.82) is 0 Å². The second kappa shape index (κ2) is 8.02. The van der Waals surface area contributed by atoms with Gasteiger partial charge in [-0.2, -0.15) is 0 Å². The zero-order valence-corrected chi connectivity index (χ0v) is 13.3. The minimum Gasteiger partial charge on any atom is -0.496 e. The maximum absolute atomic E-state index is 12.0. The molecular weight excluding hydrogens is 340 g/mol. The lowest BCUT2D eigenvalue weighted by atomic mass is 10.2. The van der Waals surface area contributed by atoms with Gasteiger partial charge in [-0.1, -0.05) is 11.6 Å². The van der Waals surface area contributed by atoms with Crippen LogP contribution in [-0.4, -0.2) is 31.5 Å². The third-order valence-corrected chi connectivity index (χ3v) is 3.01. The zero-order chi connectivity index (χ0) is 17.5. The van der Waals surface area contributed by atoms with Crippen LogP contribution >= 0.6 is 11.6 Å². The summed E-state index contributed by atoms with van der Waals surface area (Å²) in [5.41, 5.74) is 4.41. The maximum Gasteiger partial charge on any atom is 0.374 e. The van der Waals surface area contributed by atoms with E-state index in [2.05, 4.69) is 10.9 Å². The lowest BCUT2D eigenvalue weighted by Crippen LogP contribution is -2.43. The van der Waals surface area contributed by atoms with Crippen molar-refractivity contribution in [3.8, 4) is 5.75 Å². The highest BCUT2D eigenvalue weighted by atomic mass is 35.5. The van der Waals surface area contributed by atoms with Crippen molar-refractivity contribution in [2.75, 3.05) is 13.7 Å². The third-order valence-electron chi connectivity index (χ3n) is 2.78. The molecule has 9 heteroatoms. The Labute approximate surface area is 141 Å². The molecular formula is C15H13ClN2O6. The van der Waals surface area contributed by atoms with Crippen molar-refractivity contribution in [2.24, 2.45) is 0 Å². The Morgan fingerprint density at radius 1 is 1.21 bits per heavy atom. The van der Waals surface area contributed by atoms with Gasteiger partial charge < -0.3 is 13.9 Å². The lowest BCUT2D eigenvalue weighted by molar-refractivity contribution is -0.125. The van der Waals surface area contributed by atoms with E-state index in [-0.39, 0.29) is 17.1 Å². The quantitative estimate of drug-likeness (QED) is 0.624. The predicted molar refractivity (Wildman–Crippen MR) is 82.6 cm³/mol. The number of carbonyl (C=O) groups is 3. The summed E-state index contributed by atoms with van der Waals surface area (Å²) in [4.78, 5) is 35.1. The smallest absolute Gasteiger partial charge is 0.374 e. The Morgan fingerprint density at radius 2 is 2.00 bits per heavy atom. The zero-order valence-electron chi connectivity index (χ0n) is 12.5. The summed E-state index contributed by atoms with van der Waals surface area (Å²) in [6, 6.07) is 7.37. The number of methoxy groups -OCH3 is 1. The number of ether oxygens (including phenoxy) is 2. The van der Waals surface area contributed by atoms with Crippen LogP contribution in [0.4, 0.5) is 0 Å². The number of carbonyl (C=O) groups excluding carboxylic acids is 3. The first-order valence-electron chi connectivity index (χ1n) is 6.64. The van der Waals surface area contributed by atoms with Gasteiger partial charge in [0.1, 0.15) is 5.75 Å². The van der Waals surface area contributed by atoms with E-state index >= 15 is 0 Å². The number of hydrogen-bond acceptors (Lipinski definition) is 6. The number of benzene rings is 1. The molecule has 2 rings (SSSR count). The molecule has 126 valence electrons. The number of rotatable bonds is 5. The van der Waals surface area contributed by atoms with E-state index < -0.39 is 24.4 Å². The molecule has 2 amide bonds. The van der Waals surface area contributed by atoms with Gasteiger partial charge in [0.05, 0.1) is 18.9 Å². The van der Waals surface area contributed by atoms with Gasteiger partial charge in [-0.25, -0.2) is 4.79 Å². The van der Waals surface area contributed by atoms with Gasteiger partial charge in [-0.3, -0.25) is 20.4 Å². The molecule has 1 aromatic carbocycles. The summed E-state index contributed by atoms with van der Waals surface area (Å²) in [5.74, 6) is -1.91. The SMILES string of the molecule is COc1ccc(Cl)cc1C(=O)NNC(=O)COC(=O)c1ccco1. The Bertz CT molecular complexity index is 744. The topological polar surface area (TPSA) is 107 Å². The van der Waals surface area contributed by atoms with Crippen molar-refractivity contribution in [1.82, 2.24) is 10.9 Å². The molecule has 0 aliphatic rings. The fourth-order valence-corrected chi connectivity index (χ4v) is 1.86. The Balaban J connectivity index is 1.84. The van der Waals surface area contributed by atoms with Gasteiger partial charge in [0, 0.05) is 5.02 Å². The van der Waals surface area contributed by atoms with Crippen LogP contribution in [0, 0.1) is 0 Å².